The van der Waals surface area contributed by atoms with Crippen LogP contribution in [0.1, 0.15) is 18.9 Å². The first kappa shape index (κ1) is 23.3. The summed E-state index contributed by atoms with van der Waals surface area (Å²) in [5.41, 5.74) is 0.398. The third-order valence-electron chi connectivity index (χ3n) is 4.40. The van der Waals surface area contributed by atoms with Crippen LogP contribution < -0.4 is 5.32 Å². The molecular formula is C18H19N3O10S. The molecule has 14 heteroatoms. The first-order chi connectivity index (χ1) is 15.3. The average molecular weight is 469 g/mol. The minimum absolute atomic E-state index is 0.0534. The molecule has 2 amide bonds. The number of rotatable bonds is 8. The highest BCUT2D eigenvalue weighted by molar-refractivity contribution is 8.00. The molecule has 32 heavy (non-hydrogen) atoms. The maximum absolute atomic E-state index is 12.3. The predicted molar refractivity (Wildman–Crippen MR) is 106 cm³/mol. The summed E-state index contributed by atoms with van der Waals surface area (Å²) in [5, 5.41) is 12.8. The molecule has 2 fully saturated rings. The van der Waals surface area contributed by atoms with Gasteiger partial charge in [0.15, 0.2) is 0 Å². The number of hydrogen-bond donors (Lipinski definition) is 1. The summed E-state index contributed by atoms with van der Waals surface area (Å²) in [5.74, 6) is -1.70. The van der Waals surface area contributed by atoms with Crippen LogP contribution in [-0.4, -0.2) is 63.8 Å². The number of nitro groups is 1. The Balaban J connectivity index is 1.46. The lowest BCUT2D eigenvalue weighted by Crippen LogP contribution is -2.44. The molecule has 172 valence electrons. The minimum atomic E-state index is -1.17. The van der Waals surface area contributed by atoms with Gasteiger partial charge in [-0.25, -0.2) is 14.4 Å². The number of hydrogen-bond acceptors (Lipinski definition) is 11. The Labute approximate surface area is 185 Å². The quantitative estimate of drug-likeness (QED) is 0.326. The predicted octanol–water partition coefficient (Wildman–Crippen LogP) is 0.859. The van der Waals surface area contributed by atoms with Crippen LogP contribution >= 0.6 is 11.8 Å². The van der Waals surface area contributed by atoms with Crippen LogP contribution in [0.2, 0.25) is 0 Å². The molecule has 2 heterocycles. The van der Waals surface area contributed by atoms with Gasteiger partial charge >= 0.3 is 23.9 Å². The highest BCUT2D eigenvalue weighted by Crippen LogP contribution is 2.28. The number of nitrogens with zero attached hydrogens (tertiary/aromatic N) is 2. The summed E-state index contributed by atoms with van der Waals surface area (Å²) in [4.78, 5) is 68.0. The Bertz CT molecular complexity index is 909. The molecule has 2 unspecified atom stereocenters. The fraction of sp³-hybridized carbons (Fsp3) is 0.444. The van der Waals surface area contributed by atoms with Crippen molar-refractivity contribution in [3.63, 3.8) is 0 Å². The summed E-state index contributed by atoms with van der Waals surface area (Å²) in [7, 11) is 0. The van der Waals surface area contributed by atoms with Gasteiger partial charge in [0.2, 0.25) is 6.10 Å². The number of non-ortho nitro benzene ring substituents is 1. The zero-order valence-corrected chi connectivity index (χ0v) is 17.6. The lowest BCUT2D eigenvalue weighted by atomic mass is 10.2. The standard InChI is InChI=1S/C18H19N3O10S/c1-2-32-13-7-14(22)30-15(13)17(24)31-21-16(23)12(9-29-21)19-18(25)28-8-10-3-5-11(6-4-10)20(26)27/h3-6,12-13,15H,2,7-9H2,1H3,(H,19,25)/t12-,13?,15?/m0/s1. The van der Waals surface area contributed by atoms with Gasteiger partial charge in [-0.05, 0) is 28.7 Å². The lowest BCUT2D eigenvalue weighted by Gasteiger charge is -2.18. The molecule has 1 aromatic carbocycles. The maximum Gasteiger partial charge on any atom is 0.408 e. The third-order valence-corrected chi connectivity index (χ3v) is 5.57. The molecule has 0 aromatic heterocycles. The molecule has 3 rings (SSSR count). The summed E-state index contributed by atoms with van der Waals surface area (Å²) < 4.78 is 9.94. The Morgan fingerprint density at radius 1 is 1.31 bits per heavy atom. The van der Waals surface area contributed by atoms with Gasteiger partial charge in [-0.3, -0.25) is 19.7 Å². The topological polar surface area (TPSA) is 164 Å². The number of alkyl carbamates (subject to hydrolysis) is 1. The molecule has 0 saturated carbocycles. The zero-order chi connectivity index (χ0) is 23.3. The SMILES string of the molecule is CCSC1CC(=O)OC1C(=O)ON1OC[C@H](NC(=O)OCc2ccc([N+](=O)[O-])cc2)C1=O. The average Bonchev–Trinajstić information content (AvgIpc) is 3.29. The molecule has 2 aliphatic rings. The van der Waals surface area contributed by atoms with E-state index in [1.54, 1.807) is 0 Å². The Morgan fingerprint density at radius 3 is 2.69 bits per heavy atom. The largest absolute Gasteiger partial charge is 0.449 e. The van der Waals surface area contributed by atoms with Gasteiger partial charge in [-0.2, -0.15) is 11.8 Å². The van der Waals surface area contributed by atoms with E-state index in [9.17, 15) is 29.3 Å². The van der Waals surface area contributed by atoms with Gasteiger partial charge < -0.3 is 19.6 Å². The van der Waals surface area contributed by atoms with Crippen molar-refractivity contribution < 1.29 is 43.3 Å². The minimum Gasteiger partial charge on any atom is -0.449 e. The van der Waals surface area contributed by atoms with Gasteiger partial charge in [0.05, 0.1) is 16.6 Å². The normalized spacial score (nSPS) is 22.4. The maximum atomic E-state index is 12.3. The summed E-state index contributed by atoms with van der Waals surface area (Å²) in [6.07, 6.45) is -2.05. The van der Waals surface area contributed by atoms with Crippen LogP contribution in [0.3, 0.4) is 0 Å². The monoisotopic (exact) mass is 469 g/mol. The van der Waals surface area contributed by atoms with E-state index in [2.05, 4.69) is 5.32 Å². The van der Waals surface area contributed by atoms with Gasteiger partial charge in [0.1, 0.15) is 19.3 Å². The van der Waals surface area contributed by atoms with Crippen LogP contribution in [-0.2, 0) is 40.1 Å². The number of hydroxylamine groups is 2. The second-order valence-corrected chi connectivity index (χ2v) is 8.12. The van der Waals surface area contributed by atoms with E-state index in [4.69, 9.17) is 19.1 Å². The lowest BCUT2D eigenvalue weighted by molar-refractivity contribution is -0.384. The molecule has 1 N–H and O–H groups in total. The number of thioether (sulfide) groups is 1. The molecule has 13 nitrogen and oxygen atoms in total. The van der Waals surface area contributed by atoms with Crippen molar-refractivity contribution in [2.75, 3.05) is 12.4 Å². The number of benzene rings is 1. The molecule has 0 aliphatic carbocycles. The number of nitro benzene ring substituents is 1. The first-order valence-electron chi connectivity index (χ1n) is 9.45. The van der Waals surface area contributed by atoms with Crippen LogP contribution in [0.15, 0.2) is 24.3 Å². The molecule has 0 radical (unpaired) electrons. The summed E-state index contributed by atoms with van der Waals surface area (Å²) in [6.45, 7) is 1.37. The van der Waals surface area contributed by atoms with Crippen LogP contribution in [0.4, 0.5) is 10.5 Å². The van der Waals surface area contributed by atoms with Crippen molar-refractivity contribution in [1.29, 1.82) is 0 Å². The van der Waals surface area contributed by atoms with Gasteiger partial charge in [-0.15, -0.1) is 0 Å². The molecule has 0 bridgehead atoms. The van der Waals surface area contributed by atoms with Gasteiger partial charge in [0, 0.05) is 12.1 Å². The number of cyclic esters (lactones) is 1. The van der Waals surface area contributed by atoms with Crippen molar-refractivity contribution in [2.24, 2.45) is 0 Å². The van der Waals surface area contributed by atoms with E-state index in [1.165, 1.54) is 36.0 Å². The van der Waals surface area contributed by atoms with E-state index in [-0.39, 0.29) is 25.3 Å². The Hall–Kier alpha value is -3.39. The van der Waals surface area contributed by atoms with E-state index >= 15 is 0 Å². The second kappa shape index (κ2) is 10.3. The van der Waals surface area contributed by atoms with E-state index < -0.39 is 46.3 Å². The van der Waals surface area contributed by atoms with Crippen molar-refractivity contribution in [3.05, 3.63) is 39.9 Å². The Kier molecular flexibility index (Phi) is 7.48. The van der Waals surface area contributed by atoms with Crippen molar-refractivity contribution in [1.82, 2.24) is 10.5 Å². The fourth-order valence-corrected chi connectivity index (χ4v) is 3.88. The van der Waals surface area contributed by atoms with Crippen molar-refractivity contribution >= 4 is 41.4 Å². The van der Waals surface area contributed by atoms with Gasteiger partial charge in [0.25, 0.3) is 5.69 Å². The molecule has 2 saturated heterocycles. The molecule has 2 aliphatic heterocycles. The fourth-order valence-electron chi connectivity index (χ4n) is 2.86. The number of nitrogens with one attached hydrogen (secondary N) is 1. The first-order valence-corrected chi connectivity index (χ1v) is 10.5. The van der Waals surface area contributed by atoms with E-state index in [0.29, 0.717) is 16.5 Å². The smallest absolute Gasteiger partial charge is 0.408 e. The highest BCUT2D eigenvalue weighted by Gasteiger charge is 2.45. The van der Waals surface area contributed by atoms with E-state index in [0.717, 1.165) is 0 Å². The summed E-state index contributed by atoms with van der Waals surface area (Å²) in [6, 6.07) is 4.22. The number of carbonyl (C=O) groups is 4. The number of amides is 2. The molecule has 0 spiro atoms. The van der Waals surface area contributed by atoms with Crippen LogP contribution in [0.25, 0.3) is 0 Å². The molecule has 3 atom stereocenters. The third kappa shape index (κ3) is 5.64. The zero-order valence-electron chi connectivity index (χ0n) is 16.8. The molecule has 1 aromatic rings. The van der Waals surface area contributed by atoms with Gasteiger partial charge in [-0.1, -0.05) is 6.92 Å². The van der Waals surface area contributed by atoms with E-state index in [1.807, 2.05) is 6.92 Å². The second-order valence-electron chi connectivity index (χ2n) is 6.61. The van der Waals surface area contributed by atoms with Crippen molar-refractivity contribution in [2.45, 2.75) is 37.3 Å². The summed E-state index contributed by atoms with van der Waals surface area (Å²) >= 11 is 1.35. The molecular weight excluding hydrogens is 450 g/mol. The van der Waals surface area contributed by atoms with Crippen LogP contribution in [0, 0.1) is 10.1 Å². The number of carbonyl (C=O) groups excluding carboxylic acids is 4. The van der Waals surface area contributed by atoms with Crippen molar-refractivity contribution in [3.8, 4) is 0 Å². The number of esters is 1. The van der Waals surface area contributed by atoms with Crippen LogP contribution in [0.5, 0.6) is 0 Å². The number of ether oxygens (including phenoxy) is 2. The Morgan fingerprint density at radius 2 is 2.03 bits per heavy atom. The highest BCUT2D eigenvalue weighted by atomic mass is 32.2.